The van der Waals surface area contributed by atoms with Crippen LogP contribution in [0.1, 0.15) is 18.4 Å². The number of nitrogens with zero attached hydrogens (tertiary/aromatic N) is 1. The van der Waals surface area contributed by atoms with E-state index in [4.69, 9.17) is 0 Å². The fourth-order valence-electron chi connectivity index (χ4n) is 1.85. The number of hydrogen-bond acceptors (Lipinski definition) is 2. The monoisotopic (exact) mass is 190 g/mol. The molecule has 1 aliphatic rings. The van der Waals surface area contributed by atoms with Crippen LogP contribution in [-0.4, -0.2) is 24.3 Å². The zero-order valence-corrected chi connectivity index (χ0v) is 8.53. The molecule has 1 radical (unpaired) electrons. The first kappa shape index (κ1) is 9.53. The van der Waals surface area contributed by atoms with Gasteiger partial charge in [0.1, 0.15) is 0 Å². The van der Waals surface area contributed by atoms with Crippen molar-refractivity contribution in [3.05, 3.63) is 29.8 Å². The molecule has 0 amide bonds. The minimum atomic E-state index is -0.101. The maximum absolute atomic E-state index is 9.39. The number of piperidine rings is 1. The molecule has 2 heteroatoms. The highest BCUT2D eigenvalue weighted by atomic mass is 16.3. The quantitative estimate of drug-likeness (QED) is 0.729. The smallest absolute Gasteiger partial charge is 0.0574 e. The number of aliphatic hydroxyl groups excluding tert-OH is 1. The van der Waals surface area contributed by atoms with Crippen LogP contribution in [0.3, 0.4) is 0 Å². The molecule has 0 atom stereocenters. The lowest BCUT2D eigenvalue weighted by Gasteiger charge is -2.31. The van der Waals surface area contributed by atoms with Gasteiger partial charge in [0.25, 0.3) is 0 Å². The standard InChI is InChI=1S/C12H16NO/c1-10-3-2-4-11(9-10)13-7-5-12(14)6-8-13/h2-3,9,12,14H,5-8H2,1H3. The van der Waals surface area contributed by atoms with E-state index in [0.29, 0.717) is 0 Å². The van der Waals surface area contributed by atoms with Gasteiger partial charge >= 0.3 is 0 Å². The molecule has 1 fully saturated rings. The van der Waals surface area contributed by atoms with E-state index in [1.165, 1.54) is 5.56 Å². The summed E-state index contributed by atoms with van der Waals surface area (Å²) in [6, 6.07) is 9.41. The fraction of sp³-hybridized carbons (Fsp3) is 0.500. The molecule has 1 heterocycles. The van der Waals surface area contributed by atoms with Gasteiger partial charge in [-0.2, -0.15) is 0 Å². The van der Waals surface area contributed by atoms with Crippen molar-refractivity contribution in [1.29, 1.82) is 0 Å². The maximum Gasteiger partial charge on any atom is 0.0574 e. The van der Waals surface area contributed by atoms with Crippen LogP contribution in [0.4, 0.5) is 5.69 Å². The largest absolute Gasteiger partial charge is 0.393 e. The van der Waals surface area contributed by atoms with Crippen molar-refractivity contribution in [2.24, 2.45) is 0 Å². The number of hydrogen-bond donors (Lipinski definition) is 1. The maximum atomic E-state index is 9.39. The fourth-order valence-corrected chi connectivity index (χ4v) is 1.85. The lowest BCUT2D eigenvalue weighted by molar-refractivity contribution is 0.145. The highest BCUT2D eigenvalue weighted by Crippen LogP contribution is 2.20. The molecule has 0 saturated carbocycles. The SMILES string of the molecule is Cc1cc[c]c(N2CCC(O)CC2)c1. The van der Waals surface area contributed by atoms with E-state index < -0.39 is 0 Å². The zero-order chi connectivity index (χ0) is 9.97. The number of rotatable bonds is 1. The van der Waals surface area contributed by atoms with Gasteiger partial charge in [0, 0.05) is 24.8 Å². The molecule has 1 N–H and O–H groups in total. The average Bonchev–Trinajstić information content (AvgIpc) is 2.19. The van der Waals surface area contributed by atoms with Crippen LogP contribution in [0, 0.1) is 13.0 Å². The van der Waals surface area contributed by atoms with Gasteiger partial charge in [0.05, 0.1) is 6.10 Å². The highest BCUT2D eigenvalue weighted by molar-refractivity contribution is 5.47. The van der Waals surface area contributed by atoms with Crippen LogP contribution in [0.5, 0.6) is 0 Å². The number of benzene rings is 1. The second-order valence-corrected chi connectivity index (χ2v) is 3.97. The molecule has 1 aromatic carbocycles. The first-order valence-electron chi connectivity index (χ1n) is 5.17. The Hall–Kier alpha value is -1.02. The third kappa shape index (κ3) is 2.07. The van der Waals surface area contributed by atoms with Gasteiger partial charge in [-0.3, -0.25) is 0 Å². The molecule has 14 heavy (non-hydrogen) atoms. The molecule has 75 valence electrons. The van der Waals surface area contributed by atoms with Gasteiger partial charge in [-0.15, -0.1) is 0 Å². The van der Waals surface area contributed by atoms with Crippen molar-refractivity contribution in [2.45, 2.75) is 25.9 Å². The molecule has 2 rings (SSSR count). The van der Waals surface area contributed by atoms with Crippen LogP contribution in [-0.2, 0) is 0 Å². The minimum absolute atomic E-state index is 0.101. The van der Waals surface area contributed by atoms with Crippen LogP contribution in [0.25, 0.3) is 0 Å². The van der Waals surface area contributed by atoms with Crippen LogP contribution in [0.2, 0.25) is 0 Å². The van der Waals surface area contributed by atoms with Crippen molar-refractivity contribution in [1.82, 2.24) is 0 Å². The molecule has 0 aromatic heterocycles. The summed E-state index contributed by atoms with van der Waals surface area (Å²) in [5.41, 5.74) is 2.43. The predicted molar refractivity (Wildman–Crippen MR) is 57.5 cm³/mol. The lowest BCUT2D eigenvalue weighted by atomic mass is 10.1. The molecular formula is C12H16NO. The Kier molecular flexibility index (Phi) is 2.73. The van der Waals surface area contributed by atoms with E-state index >= 15 is 0 Å². The molecule has 1 aliphatic heterocycles. The van der Waals surface area contributed by atoms with E-state index in [0.717, 1.165) is 31.6 Å². The van der Waals surface area contributed by atoms with Gasteiger partial charge in [0.2, 0.25) is 0 Å². The third-order valence-electron chi connectivity index (χ3n) is 2.75. The summed E-state index contributed by atoms with van der Waals surface area (Å²) in [6.45, 7) is 3.98. The second-order valence-electron chi connectivity index (χ2n) is 3.97. The lowest BCUT2D eigenvalue weighted by Crippen LogP contribution is -2.35. The van der Waals surface area contributed by atoms with Crippen LogP contribution < -0.4 is 4.90 Å². The molecular weight excluding hydrogens is 174 g/mol. The predicted octanol–water partition coefficient (Wildman–Crippen LogP) is 1.76. The second kappa shape index (κ2) is 4.01. The molecule has 0 bridgehead atoms. The summed E-state index contributed by atoms with van der Waals surface area (Å²) in [4.78, 5) is 2.29. The molecule has 2 nitrogen and oxygen atoms in total. The Balaban J connectivity index is 2.08. The zero-order valence-electron chi connectivity index (χ0n) is 8.53. The van der Waals surface area contributed by atoms with Gasteiger partial charge in [-0.05, 0) is 31.4 Å². The van der Waals surface area contributed by atoms with Crippen molar-refractivity contribution in [2.75, 3.05) is 18.0 Å². The Bertz CT molecular complexity index is 303. The summed E-state index contributed by atoms with van der Waals surface area (Å²) in [5.74, 6) is 0. The topological polar surface area (TPSA) is 23.5 Å². The van der Waals surface area contributed by atoms with Gasteiger partial charge in [-0.1, -0.05) is 12.1 Å². The summed E-state index contributed by atoms with van der Waals surface area (Å²) < 4.78 is 0. The minimum Gasteiger partial charge on any atom is -0.393 e. The average molecular weight is 190 g/mol. The number of anilines is 1. The van der Waals surface area contributed by atoms with E-state index in [2.05, 4.69) is 30.0 Å². The molecule has 0 spiro atoms. The Morgan fingerprint density at radius 3 is 2.79 bits per heavy atom. The number of aryl methyl sites for hydroxylation is 1. The first-order valence-corrected chi connectivity index (χ1v) is 5.17. The Morgan fingerprint density at radius 2 is 2.14 bits per heavy atom. The van der Waals surface area contributed by atoms with E-state index in [1.807, 2.05) is 6.07 Å². The molecule has 1 aromatic rings. The highest BCUT2D eigenvalue weighted by Gasteiger charge is 2.16. The first-order chi connectivity index (χ1) is 6.75. The Morgan fingerprint density at radius 1 is 1.43 bits per heavy atom. The molecule has 0 unspecified atom stereocenters. The molecule has 0 aliphatic carbocycles. The van der Waals surface area contributed by atoms with Crippen molar-refractivity contribution in [3.63, 3.8) is 0 Å². The van der Waals surface area contributed by atoms with Gasteiger partial charge in [-0.25, -0.2) is 0 Å². The summed E-state index contributed by atoms with van der Waals surface area (Å²) in [7, 11) is 0. The summed E-state index contributed by atoms with van der Waals surface area (Å²) in [5, 5.41) is 9.39. The molecule has 1 saturated heterocycles. The van der Waals surface area contributed by atoms with Crippen molar-refractivity contribution < 1.29 is 5.11 Å². The Labute approximate surface area is 85.2 Å². The van der Waals surface area contributed by atoms with E-state index in [9.17, 15) is 5.11 Å². The van der Waals surface area contributed by atoms with Crippen molar-refractivity contribution >= 4 is 5.69 Å². The summed E-state index contributed by atoms with van der Waals surface area (Å²) in [6.07, 6.45) is 1.65. The summed E-state index contributed by atoms with van der Waals surface area (Å²) >= 11 is 0. The number of aliphatic hydroxyl groups is 1. The normalized spacial score (nSPS) is 18.6. The van der Waals surface area contributed by atoms with Crippen LogP contribution >= 0.6 is 0 Å². The third-order valence-corrected chi connectivity index (χ3v) is 2.75. The van der Waals surface area contributed by atoms with Crippen LogP contribution in [0.15, 0.2) is 18.2 Å². The van der Waals surface area contributed by atoms with E-state index in [1.54, 1.807) is 0 Å². The van der Waals surface area contributed by atoms with Gasteiger partial charge < -0.3 is 10.0 Å². The van der Waals surface area contributed by atoms with Gasteiger partial charge in [0.15, 0.2) is 0 Å². The van der Waals surface area contributed by atoms with E-state index in [-0.39, 0.29) is 6.10 Å². The van der Waals surface area contributed by atoms with Crippen molar-refractivity contribution in [3.8, 4) is 0 Å².